The van der Waals surface area contributed by atoms with Crippen LogP contribution < -0.4 is 0 Å². The summed E-state index contributed by atoms with van der Waals surface area (Å²) in [5.41, 5.74) is 0.0950. The molecule has 1 rings (SSSR count). The minimum absolute atomic E-state index is 0.144. The van der Waals surface area contributed by atoms with Gasteiger partial charge in [0.15, 0.2) is 0 Å². The van der Waals surface area contributed by atoms with E-state index in [1.54, 1.807) is 0 Å². The first kappa shape index (κ1) is 9.89. The van der Waals surface area contributed by atoms with Gasteiger partial charge in [-0.3, -0.25) is 0 Å². The molecule has 0 aliphatic heterocycles. The molecule has 5 heteroatoms. The molecule has 0 radical (unpaired) electrons. The Kier molecular flexibility index (Phi) is 3.17. The number of hydrogen-bond acceptors (Lipinski definition) is 3. The fourth-order valence-electron chi connectivity index (χ4n) is 0.820. The second-order valence-corrected chi connectivity index (χ2v) is 2.73. The molecule has 0 N–H and O–H groups in total. The normalized spacial score (nSPS) is 9.85. The number of carbonyl (C=O) groups excluding carboxylic acids is 1. The van der Waals surface area contributed by atoms with Crippen molar-refractivity contribution in [2.75, 3.05) is 0 Å². The Morgan fingerprint density at radius 3 is 2.62 bits per heavy atom. The highest BCUT2D eigenvalue weighted by Crippen LogP contribution is 2.28. The molecule has 0 atom stereocenters. The second-order valence-electron chi connectivity index (χ2n) is 2.25. The standard InChI is InChI=1S/C8H5F2NOS/c9-8(10)5-1-2-6(11-4-12)7(13)3-5/h1-3,8,13H. The number of rotatable bonds is 2. The van der Waals surface area contributed by atoms with Crippen molar-refractivity contribution in [2.24, 2.45) is 4.99 Å². The first-order valence-corrected chi connectivity index (χ1v) is 3.79. The minimum atomic E-state index is -2.54. The van der Waals surface area contributed by atoms with Crippen LogP contribution in [0.15, 0.2) is 28.1 Å². The number of aliphatic imine (C=N–C) groups is 1. The quantitative estimate of drug-likeness (QED) is 0.445. The van der Waals surface area contributed by atoms with Crippen LogP contribution >= 0.6 is 12.6 Å². The van der Waals surface area contributed by atoms with Gasteiger partial charge in [0, 0.05) is 10.5 Å². The van der Waals surface area contributed by atoms with Crippen LogP contribution in [0.1, 0.15) is 12.0 Å². The maximum Gasteiger partial charge on any atom is 0.263 e. The van der Waals surface area contributed by atoms with Crippen LogP contribution in [0, 0.1) is 0 Å². The molecule has 2 nitrogen and oxygen atoms in total. The third kappa shape index (κ3) is 2.37. The van der Waals surface area contributed by atoms with Gasteiger partial charge in [-0.15, -0.1) is 12.6 Å². The molecule has 0 saturated heterocycles. The number of nitrogens with zero attached hydrogens (tertiary/aromatic N) is 1. The first-order chi connectivity index (χ1) is 6.15. The maximum atomic E-state index is 12.1. The largest absolute Gasteiger partial charge is 0.263 e. The molecule has 0 amide bonds. The van der Waals surface area contributed by atoms with Gasteiger partial charge in [0.25, 0.3) is 6.43 Å². The van der Waals surface area contributed by atoms with Crippen molar-refractivity contribution < 1.29 is 13.6 Å². The van der Waals surface area contributed by atoms with E-state index in [9.17, 15) is 13.6 Å². The van der Waals surface area contributed by atoms with Crippen molar-refractivity contribution in [3.05, 3.63) is 23.8 Å². The van der Waals surface area contributed by atoms with Gasteiger partial charge in [0.2, 0.25) is 6.08 Å². The molecule has 0 heterocycles. The molecule has 0 unspecified atom stereocenters. The van der Waals surface area contributed by atoms with E-state index in [0.717, 1.165) is 0 Å². The molecule has 13 heavy (non-hydrogen) atoms. The summed E-state index contributed by atoms with van der Waals surface area (Å²) < 4.78 is 24.2. The summed E-state index contributed by atoms with van der Waals surface area (Å²) in [5, 5.41) is 0. The first-order valence-electron chi connectivity index (χ1n) is 3.34. The monoisotopic (exact) mass is 201 g/mol. The van der Waals surface area contributed by atoms with E-state index in [2.05, 4.69) is 17.6 Å². The lowest BCUT2D eigenvalue weighted by Crippen LogP contribution is -1.83. The fraction of sp³-hybridized carbons (Fsp3) is 0.125. The Hall–Kier alpha value is -1.19. The molecule has 0 aliphatic rings. The van der Waals surface area contributed by atoms with Crippen LogP contribution in [-0.4, -0.2) is 6.08 Å². The van der Waals surface area contributed by atoms with Gasteiger partial charge in [-0.1, -0.05) is 6.07 Å². The molecule has 0 bridgehead atoms. The molecule has 0 saturated carbocycles. The van der Waals surface area contributed by atoms with E-state index >= 15 is 0 Å². The van der Waals surface area contributed by atoms with Gasteiger partial charge in [0.1, 0.15) is 0 Å². The van der Waals surface area contributed by atoms with Gasteiger partial charge in [-0.25, -0.2) is 13.6 Å². The molecule has 0 fully saturated rings. The highest BCUT2D eigenvalue weighted by molar-refractivity contribution is 7.80. The maximum absolute atomic E-state index is 12.1. The second kappa shape index (κ2) is 4.16. The molecule has 0 spiro atoms. The average Bonchev–Trinajstić information content (AvgIpc) is 2.08. The van der Waals surface area contributed by atoms with Crippen molar-refractivity contribution in [3.63, 3.8) is 0 Å². The topological polar surface area (TPSA) is 29.4 Å². The summed E-state index contributed by atoms with van der Waals surface area (Å²) >= 11 is 3.89. The lowest BCUT2D eigenvalue weighted by atomic mass is 10.2. The lowest BCUT2D eigenvalue weighted by molar-refractivity contribution is 0.151. The summed E-state index contributed by atoms with van der Waals surface area (Å²) in [6, 6.07) is 3.67. The Labute approximate surface area is 78.7 Å². The molecule has 1 aromatic carbocycles. The van der Waals surface area contributed by atoms with Gasteiger partial charge < -0.3 is 0 Å². The van der Waals surface area contributed by atoms with E-state index < -0.39 is 6.43 Å². The number of benzene rings is 1. The Morgan fingerprint density at radius 2 is 2.15 bits per heavy atom. The Morgan fingerprint density at radius 1 is 1.46 bits per heavy atom. The molecule has 0 aliphatic carbocycles. The fourth-order valence-corrected chi connectivity index (χ4v) is 1.09. The number of thiol groups is 1. The highest BCUT2D eigenvalue weighted by atomic mass is 32.1. The summed E-state index contributed by atoms with van der Waals surface area (Å²) in [5.74, 6) is 0. The third-order valence-electron chi connectivity index (χ3n) is 1.42. The van der Waals surface area contributed by atoms with Crippen LogP contribution in [0.4, 0.5) is 14.5 Å². The predicted octanol–water partition coefficient (Wildman–Crippen LogP) is 2.88. The van der Waals surface area contributed by atoms with Crippen LogP contribution in [0.25, 0.3) is 0 Å². The number of halogens is 2. The van der Waals surface area contributed by atoms with Crippen molar-refractivity contribution in [1.29, 1.82) is 0 Å². The highest BCUT2D eigenvalue weighted by Gasteiger charge is 2.08. The van der Waals surface area contributed by atoms with Gasteiger partial charge >= 0.3 is 0 Å². The minimum Gasteiger partial charge on any atom is -0.211 e. The Bertz CT molecular complexity index is 361. The SMILES string of the molecule is O=C=Nc1ccc(C(F)F)cc1S. The molecule has 68 valence electrons. The van der Waals surface area contributed by atoms with Crippen LogP contribution in [-0.2, 0) is 4.79 Å². The van der Waals surface area contributed by atoms with Gasteiger partial charge in [-0.05, 0) is 12.1 Å². The number of hydrogen-bond donors (Lipinski definition) is 1. The van der Waals surface area contributed by atoms with Crippen molar-refractivity contribution in [2.45, 2.75) is 11.3 Å². The molecule has 0 aromatic heterocycles. The van der Waals surface area contributed by atoms with E-state index in [0.29, 0.717) is 0 Å². The van der Waals surface area contributed by atoms with Crippen molar-refractivity contribution >= 4 is 24.4 Å². The predicted molar refractivity (Wildman–Crippen MR) is 46.4 cm³/mol. The van der Waals surface area contributed by atoms with Gasteiger partial charge in [0.05, 0.1) is 5.69 Å². The molecular weight excluding hydrogens is 196 g/mol. The van der Waals surface area contributed by atoms with E-state index in [1.165, 1.54) is 24.3 Å². The zero-order valence-electron chi connectivity index (χ0n) is 6.37. The summed E-state index contributed by atoms with van der Waals surface area (Å²) in [6.45, 7) is 0. The van der Waals surface area contributed by atoms with E-state index in [1.807, 2.05) is 0 Å². The van der Waals surface area contributed by atoms with E-state index in [4.69, 9.17) is 0 Å². The number of isocyanates is 1. The molecule has 1 aromatic rings. The summed E-state index contributed by atoms with van der Waals surface area (Å²) in [7, 11) is 0. The van der Waals surface area contributed by atoms with Crippen molar-refractivity contribution in [3.8, 4) is 0 Å². The van der Waals surface area contributed by atoms with Gasteiger partial charge in [-0.2, -0.15) is 4.99 Å². The third-order valence-corrected chi connectivity index (χ3v) is 1.78. The van der Waals surface area contributed by atoms with Crippen LogP contribution in [0.5, 0.6) is 0 Å². The number of alkyl halides is 2. The average molecular weight is 201 g/mol. The zero-order chi connectivity index (χ0) is 9.84. The van der Waals surface area contributed by atoms with Crippen molar-refractivity contribution in [1.82, 2.24) is 0 Å². The zero-order valence-corrected chi connectivity index (χ0v) is 7.26. The van der Waals surface area contributed by atoms with Crippen LogP contribution in [0.3, 0.4) is 0 Å². The lowest BCUT2D eigenvalue weighted by Gasteiger charge is -2.01. The summed E-state index contributed by atoms with van der Waals surface area (Å²) in [6.07, 6.45) is -1.23. The Balaban J connectivity index is 3.12. The molecular formula is C8H5F2NOS. The smallest absolute Gasteiger partial charge is 0.211 e. The van der Waals surface area contributed by atoms with E-state index in [-0.39, 0.29) is 16.1 Å². The summed E-state index contributed by atoms with van der Waals surface area (Å²) in [4.78, 5) is 13.4. The van der Waals surface area contributed by atoms with Crippen LogP contribution in [0.2, 0.25) is 0 Å².